The number of aliphatic hydroxyl groups excluding tert-OH is 1. The van der Waals surface area contributed by atoms with Crippen LogP contribution < -0.4 is 5.43 Å². The molecular formula is C13H16N2O2. The molecule has 0 heterocycles. The molecule has 1 aliphatic rings. The molecule has 1 aliphatic carbocycles. The van der Waals surface area contributed by atoms with Crippen molar-refractivity contribution < 1.29 is 9.90 Å². The van der Waals surface area contributed by atoms with Crippen LogP contribution >= 0.6 is 0 Å². The van der Waals surface area contributed by atoms with Gasteiger partial charge in [-0.25, -0.2) is 5.43 Å². The lowest BCUT2D eigenvalue weighted by atomic mass is 10.1. The summed E-state index contributed by atoms with van der Waals surface area (Å²) in [5, 5.41) is 13.8. The molecule has 0 bridgehead atoms. The molecule has 0 aliphatic heterocycles. The van der Waals surface area contributed by atoms with Crippen molar-refractivity contribution in [3.05, 3.63) is 35.9 Å². The van der Waals surface area contributed by atoms with Crippen LogP contribution in [0, 0.1) is 0 Å². The van der Waals surface area contributed by atoms with Crippen molar-refractivity contribution in [1.29, 1.82) is 0 Å². The summed E-state index contributed by atoms with van der Waals surface area (Å²) in [6.07, 6.45) is 3.01. The summed E-state index contributed by atoms with van der Waals surface area (Å²) < 4.78 is 0. The zero-order chi connectivity index (χ0) is 12.1. The molecule has 0 saturated heterocycles. The van der Waals surface area contributed by atoms with Crippen molar-refractivity contribution in [2.24, 2.45) is 5.10 Å². The normalized spacial score (nSPS) is 16.6. The van der Waals surface area contributed by atoms with Crippen LogP contribution in [0.4, 0.5) is 0 Å². The fraction of sp³-hybridized carbons (Fsp3) is 0.385. The van der Waals surface area contributed by atoms with E-state index in [1.807, 2.05) is 6.07 Å². The number of hydrogen-bond donors (Lipinski definition) is 2. The Balaban J connectivity index is 1.94. The number of benzene rings is 1. The second-order valence-electron chi connectivity index (χ2n) is 4.17. The fourth-order valence-corrected chi connectivity index (χ4v) is 1.88. The van der Waals surface area contributed by atoms with E-state index in [4.69, 9.17) is 0 Å². The average Bonchev–Trinajstić information content (AvgIpc) is 2.89. The Hall–Kier alpha value is -1.68. The highest BCUT2D eigenvalue weighted by Gasteiger charge is 2.17. The van der Waals surface area contributed by atoms with Crippen molar-refractivity contribution in [1.82, 2.24) is 5.43 Å². The van der Waals surface area contributed by atoms with Crippen molar-refractivity contribution in [3.63, 3.8) is 0 Å². The zero-order valence-corrected chi connectivity index (χ0v) is 9.60. The monoisotopic (exact) mass is 232 g/mol. The quantitative estimate of drug-likeness (QED) is 0.780. The first-order chi connectivity index (χ1) is 8.27. The number of hydrazone groups is 1. The molecule has 2 N–H and O–H groups in total. The summed E-state index contributed by atoms with van der Waals surface area (Å²) in [6, 6.07) is 8.84. The van der Waals surface area contributed by atoms with Crippen molar-refractivity contribution in [2.75, 3.05) is 0 Å². The Kier molecular flexibility index (Phi) is 3.88. The van der Waals surface area contributed by atoms with Gasteiger partial charge in [-0.05, 0) is 31.2 Å². The molecule has 0 radical (unpaired) electrons. The number of aliphatic hydroxyl groups is 1. The number of carbonyl (C=O) groups excluding carboxylic acids is 1. The van der Waals surface area contributed by atoms with E-state index in [1.165, 1.54) is 0 Å². The van der Waals surface area contributed by atoms with Gasteiger partial charge in [0.25, 0.3) is 5.91 Å². The summed E-state index contributed by atoms with van der Waals surface area (Å²) in [5.74, 6) is -0.476. The number of carbonyl (C=O) groups is 1. The van der Waals surface area contributed by atoms with Crippen LogP contribution in [-0.4, -0.2) is 16.7 Å². The maximum absolute atomic E-state index is 11.6. The second-order valence-corrected chi connectivity index (χ2v) is 4.17. The Labute approximate surface area is 100 Å². The van der Waals surface area contributed by atoms with E-state index in [9.17, 15) is 9.90 Å². The lowest BCUT2D eigenvalue weighted by Gasteiger charge is -2.09. The first-order valence-corrected chi connectivity index (χ1v) is 5.85. The second kappa shape index (κ2) is 5.59. The molecule has 1 amide bonds. The molecular weight excluding hydrogens is 216 g/mol. The van der Waals surface area contributed by atoms with Gasteiger partial charge in [0.05, 0.1) is 0 Å². The van der Waals surface area contributed by atoms with Gasteiger partial charge in [-0.15, -0.1) is 0 Å². The molecule has 1 aromatic rings. The summed E-state index contributed by atoms with van der Waals surface area (Å²) in [5.41, 5.74) is 4.01. The third-order valence-electron chi connectivity index (χ3n) is 2.87. The third-order valence-corrected chi connectivity index (χ3v) is 2.87. The van der Waals surface area contributed by atoms with E-state index in [-0.39, 0.29) is 0 Å². The predicted molar refractivity (Wildman–Crippen MR) is 65.4 cm³/mol. The smallest absolute Gasteiger partial charge is 0.273 e. The molecule has 1 fully saturated rings. The predicted octanol–water partition coefficient (Wildman–Crippen LogP) is 1.77. The minimum Gasteiger partial charge on any atom is -0.378 e. The standard InChI is InChI=1S/C13H16N2O2/c16-12(10-6-2-1-3-7-10)13(17)15-14-11-8-4-5-9-11/h1-3,6-7,12,16H,4-5,8-9H2,(H,15,17)/t12-/m1/s1. The Morgan fingerprint density at radius 1 is 1.24 bits per heavy atom. The van der Waals surface area contributed by atoms with Gasteiger partial charge in [-0.2, -0.15) is 5.10 Å². The van der Waals surface area contributed by atoms with Crippen LogP contribution in [-0.2, 0) is 4.79 Å². The molecule has 17 heavy (non-hydrogen) atoms. The summed E-state index contributed by atoms with van der Waals surface area (Å²) in [4.78, 5) is 11.6. The molecule has 1 aromatic carbocycles. The highest BCUT2D eigenvalue weighted by Crippen LogP contribution is 2.15. The van der Waals surface area contributed by atoms with Gasteiger partial charge in [-0.1, -0.05) is 30.3 Å². The first kappa shape index (κ1) is 11.8. The van der Waals surface area contributed by atoms with Crippen LogP contribution in [0.5, 0.6) is 0 Å². The van der Waals surface area contributed by atoms with E-state index in [0.717, 1.165) is 31.4 Å². The number of hydrogen-bond acceptors (Lipinski definition) is 3. The van der Waals surface area contributed by atoms with E-state index < -0.39 is 12.0 Å². The third kappa shape index (κ3) is 3.14. The maximum Gasteiger partial charge on any atom is 0.273 e. The van der Waals surface area contributed by atoms with Crippen LogP contribution in [0.2, 0.25) is 0 Å². The van der Waals surface area contributed by atoms with Gasteiger partial charge in [0.1, 0.15) is 0 Å². The highest BCUT2D eigenvalue weighted by atomic mass is 16.3. The van der Waals surface area contributed by atoms with Crippen LogP contribution in [0.3, 0.4) is 0 Å². The molecule has 4 nitrogen and oxygen atoms in total. The van der Waals surface area contributed by atoms with E-state index >= 15 is 0 Å². The molecule has 1 saturated carbocycles. The van der Waals surface area contributed by atoms with Gasteiger partial charge in [0.15, 0.2) is 6.10 Å². The fourth-order valence-electron chi connectivity index (χ4n) is 1.88. The molecule has 90 valence electrons. The summed E-state index contributed by atoms with van der Waals surface area (Å²) in [7, 11) is 0. The minimum atomic E-state index is -1.15. The van der Waals surface area contributed by atoms with Crippen molar-refractivity contribution in [2.45, 2.75) is 31.8 Å². The summed E-state index contributed by atoms with van der Waals surface area (Å²) >= 11 is 0. The van der Waals surface area contributed by atoms with Gasteiger partial charge >= 0.3 is 0 Å². The Morgan fingerprint density at radius 3 is 2.53 bits per heavy atom. The zero-order valence-electron chi connectivity index (χ0n) is 9.60. The van der Waals surface area contributed by atoms with E-state index in [0.29, 0.717) is 5.56 Å². The van der Waals surface area contributed by atoms with Crippen LogP contribution in [0.1, 0.15) is 37.4 Å². The topological polar surface area (TPSA) is 61.7 Å². The molecule has 0 aromatic heterocycles. The van der Waals surface area contributed by atoms with Crippen LogP contribution in [0.15, 0.2) is 35.4 Å². The van der Waals surface area contributed by atoms with Gasteiger partial charge in [-0.3, -0.25) is 4.79 Å². The number of nitrogens with zero attached hydrogens (tertiary/aromatic N) is 1. The number of rotatable bonds is 3. The van der Waals surface area contributed by atoms with Crippen LogP contribution in [0.25, 0.3) is 0 Å². The SMILES string of the molecule is O=C(NN=C1CCCC1)[C@H](O)c1ccccc1. The minimum absolute atomic E-state index is 0.476. The summed E-state index contributed by atoms with van der Waals surface area (Å²) in [6.45, 7) is 0. The lowest BCUT2D eigenvalue weighted by molar-refractivity contribution is -0.129. The molecule has 0 unspecified atom stereocenters. The largest absolute Gasteiger partial charge is 0.378 e. The van der Waals surface area contributed by atoms with Gasteiger partial charge < -0.3 is 5.11 Å². The first-order valence-electron chi connectivity index (χ1n) is 5.85. The number of amides is 1. The maximum atomic E-state index is 11.6. The number of nitrogens with one attached hydrogen (secondary N) is 1. The van der Waals surface area contributed by atoms with Crippen molar-refractivity contribution >= 4 is 11.6 Å². The highest BCUT2D eigenvalue weighted by molar-refractivity contribution is 5.88. The Morgan fingerprint density at radius 2 is 1.88 bits per heavy atom. The van der Waals surface area contributed by atoms with Gasteiger partial charge in [0.2, 0.25) is 0 Å². The van der Waals surface area contributed by atoms with Crippen molar-refractivity contribution in [3.8, 4) is 0 Å². The molecule has 2 rings (SSSR count). The lowest BCUT2D eigenvalue weighted by Crippen LogP contribution is -2.25. The van der Waals surface area contributed by atoms with Gasteiger partial charge in [0, 0.05) is 5.71 Å². The average molecular weight is 232 g/mol. The van der Waals surface area contributed by atoms with E-state index in [2.05, 4.69) is 10.5 Å². The molecule has 4 heteroatoms. The molecule has 1 atom stereocenters. The molecule has 0 spiro atoms. The van der Waals surface area contributed by atoms with E-state index in [1.54, 1.807) is 24.3 Å². The Bertz CT molecular complexity index is 407.